The average Bonchev–Trinajstić information content (AvgIpc) is 2.30. The molecule has 0 fully saturated rings. The summed E-state index contributed by atoms with van der Waals surface area (Å²) in [6.07, 6.45) is 2.84. The van der Waals surface area contributed by atoms with Crippen LogP contribution in [0, 0.1) is 0 Å². The molecule has 0 bridgehead atoms. The standard InChI is InChI=1S/C9H12N4O3/c1-13(2)7-5-10-4-6(11-7)8(12-15)9(14)16-3/h4-5,15H,1-3H3/b12-8+. The molecule has 0 spiro atoms. The van der Waals surface area contributed by atoms with E-state index in [1.807, 2.05) is 0 Å². The number of esters is 1. The van der Waals surface area contributed by atoms with E-state index in [9.17, 15) is 4.79 Å². The predicted octanol–water partition coefficient (Wildman–Crippen LogP) is -0.106. The van der Waals surface area contributed by atoms with Gasteiger partial charge in [0, 0.05) is 14.1 Å². The number of rotatable bonds is 3. The van der Waals surface area contributed by atoms with Gasteiger partial charge in [-0.15, -0.1) is 0 Å². The molecule has 7 heteroatoms. The zero-order chi connectivity index (χ0) is 12.1. The Balaban J connectivity index is 3.12. The Kier molecular flexibility index (Phi) is 3.76. The topological polar surface area (TPSA) is 87.9 Å². The van der Waals surface area contributed by atoms with Crippen molar-refractivity contribution in [1.82, 2.24) is 9.97 Å². The smallest absolute Gasteiger partial charge is 0.362 e. The molecule has 1 heterocycles. The Morgan fingerprint density at radius 1 is 1.50 bits per heavy atom. The SMILES string of the molecule is COC(=O)/C(=N/O)c1cncc(N(C)C)n1. The number of hydrogen-bond donors (Lipinski definition) is 1. The molecule has 1 rings (SSSR count). The molecule has 0 atom stereocenters. The fourth-order valence-electron chi connectivity index (χ4n) is 0.979. The molecule has 1 aromatic rings. The van der Waals surface area contributed by atoms with Crippen LogP contribution in [-0.2, 0) is 9.53 Å². The third-order valence-corrected chi connectivity index (χ3v) is 1.80. The molecule has 7 nitrogen and oxygen atoms in total. The first kappa shape index (κ1) is 11.9. The van der Waals surface area contributed by atoms with E-state index in [0.717, 1.165) is 0 Å². The summed E-state index contributed by atoms with van der Waals surface area (Å²) < 4.78 is 4.45. The summed E-state index contributed by atoms with van der Waals surface area (Å²) in [5.41, 5.74) is -0.126. The van der Waals surface area contributed by atoms with Crippen molar-refractivity contribution < 1.29 is 14.7 Å². The number of ether oxygens (including phenoxy) is 1. The van der Waals surface area contributed by atoms with Crippen molar-refractivity contribution in [2.75, 3.05) is 26.1 Å². The molecule has 86 valence electrons. The third kappa shape index (κ3) is 2.44. The monoisotopic (exact) mass is 224 g/mol. The van der Waals surface area contributed by atoms with Gasteiger partial charge in [-0.1, -0.05) is 5.16 Å². The zero-order valence-electron chi connectivity index (χ0n) is 9.21. The molecule has 0 saturated heterocycles. The number of hydrogen-bond acceptors (Lipinski definition) is 7. The van der Waals surface area contributed by atoms with E-state index >= 15 is 0 Å². The van der Waals surface area contributed by atoms with Crippen LogP contribution in [0.2, 0.25) is 0 Å². The lowest BCUT2D eigenvalue weighted by atomic mass is 10.3. The highest BCUT2D eigenvalue weighted by Crippen LogP contribution is 2.06. The van der Waals surface area contributed by atoms with Crippen LogP contribution >= 0.6 is 0 Å². The molecule has 0 aliphatic carbocycles. The fraction of sp³-hybridized carbons (Fsp3) is 0.333. The summed E-state index contributed by atoms with van der Waals surface area (Å²) in [4.78, 5) is 20.9. The highest BCUT2D eigenvalue weighted by molar-refractivity contribution is 6.42. The zero-order valence-corrected chi connectivity index (χ0v) is 9.21. The van der Waals surface area contributed by atoms with Crippen LogP contribution < -0.4 is 4.90 Å². The van der Waals surface area contributed by atoms with Gasteiger partial charge in [0.05, 0.1) is 19.5 Å². The lowest BCUT2D eigenvalue weighted by Crippen LogP contribution is -2.20. The van der Waals surface area contributed by atoms with Crippen LogP contribution in [0.1, 0.15) is 5.69 Å². The Labute approximate surface area is 92.4 Å². The molecule has 0 aliphatic heterocycles. The van der Waals surface area contributed by atoms with E-state index in [4.69, 9.17) is 5.21 Å². The molecular formula is C9H12N4O3. The molecule has 0 aromatic carbocycles. The van der Waals surface area contributed by atoms with E-state index in [-0.39, 0.29) is 11.4 Å². The van der Waals surface area contributed by atoms with E-state index in [2.05, 4.69) is 19.9 Å². The summed E-state index contributed by atoms with van der Waals surface area (Å²) in [5, 5.41) is 11.6. The Morgan fingerprint density at radius 2 is 2.19 bits per heavy atom. The number of anilines is 1. The summed E-state index contributed by atoms with van der Waals surface area (Å²) in [5.74, 6) is -0.227. The van der Waals surface area contributed by atoms with Crippen LogP contribution in [0.25, 0.3) is 0 Å². The summed E-state index contributed by atoms with van der Waals surface area (Å²) in [6, 6.07) is 0. The van der Waals surface area contributed by atoms with Gasteiger partial charge in [-0.25, -0.2) is 9.78 Å². The van der Waals surface area contributed by atoms with E-state index in [1.54, 1.807) is 19.0 Å². The van der Waals surface area contributed by atoms with Gasteiger partial charge >= 0.3 is 5.97 Å². The molecule has 0 radical (unpaired) electrons. The van der Waals surface area contributed by atoms with Gasteiger partial charge in [0.25, 0.3) is 0 Å². The maximum absolute atomic E-state index is 11.2. The van der Waals surface area contributed by atoms with Crippen molar-refractivity contribution in [3.8, 4) is 0 Å². The summed E-state index contributed by atoms with van der Waals surface area (Å²) >= 11 is 0. The summed E-state index contributed by atoms with van der Waals surface area (Å²) in [6.45, 7) is 0. The largest absolute Gasteiger partial charge is 0.464 e. The third-order valence-electron chi connectivity index (χ3n) is 1.80. The van der Waals surface area contributed by atoms with E-state index in [0.29, 0.717) is 5.82 Å². The fourth-order valence-corrected chi connectivity index (χ4v) is 0.979. The van der Waals surface area contributed by atoms with Gasteiger partial charge in [-0.3, -0.25) is 4.98 Å². The van der Waals surface area contributed by atoms with Crippen molar-refractivity contribution in [2.24, 2.45) is 5.16 Å². The lowest BCUT2D eigenvalue weighted by molar-refractivity contribution is -0.132. The average molecular weight is 224 g/mol. The molecule has 1 aromatic heterocycles. The highest BCUT2D eigenvalue weighted by atomic mass is 16.5. The predicted molar refractivity (Wildman–Crippen MR) is 56.7 cm³/mol. The van der Waals surface area contributed by atoms with Crippen molar-refractivity contribution in [3.05, 3.63) is 18.1 Å². The van der Waals surface area contributed by atoms with Crippen molar-refractivity contribution >= 4 is 17.5 Å². The first-order valence-electron chi connectivity index (χ1n) is 4.40. The first-order valence-corrected chi connectivity index (χ1v) is 4.40. The number of carbonyl (C=O) groups is 1. The second-order valence-corrected chi connectivity index (χ2v) is 3.10. The van der Waals surface area contributed by atoms with Gasteiger partial charge in [0.2, 0.25) is 5.71 Å². The van der Waals surface area contributed by atoms with Gasteiger partial charge in [0.1, 0.15) is 11.5 Å². The molecule has 1 N–H and O–H groups in total. The van der Waals surface area contributed by atoms with Crippen LogP contribution in [0.4, 0.5) is 5.82 Å². The van der Waals surface area contributed by atoms with Crippen molar-refractivity contribution in [2.45, 2.75) is 0 Å². The van der Waals surface area contributed by atoms with Crippen LogP contribution in [0.15, 0.2) is 17.5 Å². The normalized spacial score (nSPS) is 11.1. The molecule has 0 saturated carbocycles. The van der Waals surface area contributed by atoms with Gasteiger partial charge in [-0.2, -0.15) is 0 Å². The van der Waals surface area contributed by atoms with Crippen LogP contribution in [0.5, 0.6) is 0 Å². The molecule has 0 aliphatic rings. The van der Waals surface area contributed by atoms with Crippen molar-refractivity contribution in [3.63, 3.8) is 0 Å². The van der Waals surface area contributed by atoms with Gasteiger partial charge < -0.3 is 14.8 Å². The van der Waals surface area contributed by atoms with Gasteiger partial charge in [0.15, 0.2) is 0 Å². The van der Waals surface area contributed by atoms with E-state index in [1.165, 1.54) is 19.5 Å². The van der Waals surface area contributed by atoms with Crippen LogP contribution in [0.3, 0.4) is 0 Å². The number of aromatic nitrogens is 2. The van der Waals surface area contributed by atoms with Crippen LogP contribution in [-0.4, -0.2) is 48.1 Å². The molecule has 16 heavy (non-hydrogen) atoms. The minimum Gasteiger partial charge on any atom is -0.464 e. The Morgan fingerprint density at radius 3 is 2.69 bits per heavy atom. The molecule has 0 amide bonds. The Bertz CT molecular complexity index is 417. The number of oxime groups is 1. The number of carbonyl (C=O) groups excluding carboxylic acids is 1. The maximum Gasteiger partial charge on any atom is 0.362 e. The second kappa shape index (κ2) is 5.06. The van der Waals surface area contributed by atoms with Crippen molar-refractivity contribution in [1.29, 1.82) is 0 Å². The Hall–Kier alpha value is -2.18. The minimum atomic E-state index is -0.771. The minimum absolute atomic E-state index is 0.153. The van der Waals surface area contributed by atoms with E-state index < -0.39 is 5.97 Å². The van der Waals surface area contributed by atoms with Gasteiger partial charge in [-0.05, 0) is 0 Å². The molecule has 0 unspecified atom stereocenters. The second-order valence-electron chi connectivity index (χ2n) is 3.10. The molecular weight excluding hydrogens is 212 g/mol. The number of methoxy groups -OCH3 is 1. The first-order chi connectivity index (χ1) is 7.60. The number of nitrogens with zero attached hydrogens (tertiary/aromatic N) is 4. The quantitative estimate of drug-likeness (QED) is 0.333. The summed E-state index contributed by atoms with van der Waals surface area (Å²) in [7, 11) is 4.75. The maximum atomic E-state index is 11.2. The highest BCUT2D eigenvalue weighted by Gasteiger charge is 2.17. The lowest BCUT2D eigenvalue weighted by Gasteiger charge is -2.11.